The fourth-order valence-corrected chi connectivity index (χ4v) is 3.38. The smallest absolute Gasteiger partial charge is 0.244 e. The highest BCUT2D eigenvalue weighted by molar-refractivity contribution is 6.30. The fourth-order valence-electron chi connectivity index (χ4n) is 3.10. The summed E-state index contributed by atoms with van der Waals surface area (Å²) in [5, 5.41) is 25.9. The number of amides is 1. The molecule has 0 saturated heterocycles. The summed E-state index contributed by atoms with van der Waals surface area (Å²) in [5.74, 6) is -0.925. The SMILES string of the molecule is CCC1(CC)[C@@H](ON=C(C)C)NC(Cl)=C(C#N)[C@]1(C#N)C(N)=O. The van der Waals surface area contributed by atoms with E-state index in [4.69, 9.17) is 22.2 Å². The zero-order valence-electron chi connectivity index (χ0n) is 13.6. The van der Waals surface area contributed by atoms with Crippen molar-refractivity contribution < 1.29 is 9.63 Å². The van der Waals surface area contributed by atoms with Crippen LogP contribution in [-0.2, 0) is 9.63 Å². The topological polar surface area (TPSA) is 124 Å². The minimum atomic E-state index is -1.89. The van der Waals surface area contributed by atoms with Gasteiger partial charge in [0, 0.05) is 0 Å². The molecule has 0 bridgehead atoms. The molecule has 1 rings (SSSR count). The van der Waals surface area contributed by atoms with Crippen molar-refractivity contribution in [3.8, 4) is 12.1 Å². The number of carbonyl (C=O) groups excluding carboxylic acids is 1. The molecule has 8 heteroatoms. The Bertz CT molecular complexity index is 635. The van der Waals surface area contributed by atoms with Crippen molar-refractivity contribution >= 4 is 23.2 Å². The highest BCUT2D eigenvalue weighted by atomic mass is 35.5. The minimum absolute atomic E-state index is 0.126. The molecule has 1 heterocycles. The Morgan fingerprint density at radius 2 is 2.00 bits per heavy atom. The van der Waals surface area contributed by atoms with Crippen molar-refractivity contribution in [2.75, 3.05) is 0 Å². The summed E-state index contributed by atoms with van der Waals surface area (Å²) in [7, 11) is 0. The van der Waals surface area contributed by atoms with Crippen LogP contribution in [0.3, 0.4) is 0 Å². The molecule has 1 amide bonds. The first kappa shape index (κ1) is 18.8. The van der Waals surface area contributed by atoms with Crippen molar-refractivity contribution in [3.63, 3.8) is 0 Å². The van der Waals surface area contributed by atoms with Gasteiger partial charge in [0.15, 0.2) is 5.41 Å². The molecule has 0 saturated carbocycles. The number of nitrogens with one attached hydrogen (secondary N) is 1. The number of nitrogens with zero attached hydrogens (tertiary/aromatic N) is 3. The number of nitriles is 2. The second kappa shape index (κ2) is 6.89. The quantitative estimate of drug-likeness (QED) is 0.451. The van der Waals surface area contributed by atoms with Gasteiger partial charge in [-0.15, -0.1) is 0 Å². The maximum Gasteiger partial charge on any atom is 0.244 e. The van der Waals surface area contributed by atoms with E-state index >= 15 is 0 Å². The van der Waals surface area contributed by atoms with Gasteiger partial charge in [0.1, 0.15) is 11.2 Å². The molecule has 7 nitrogen and oxygen atoms in total. The summed E-state index contributed by atoms with van der Waals surface area (Å²) in [5.41, 5.74) is 3.05. The Kier molecular flexibility index (Phi) is 5.63. The van der Waals surface area contributed by atoms with Crippen LogP contribution in [0.15, 0.2) is 15.9 Å². The summed E-state index contributed by atoms with van der Waals surface area (Å²) in [6.45, 7) is 7.08. The molecule has 2 atom stereocenters. The Morgan fingerprint density at radius 1 is 1.43 bits per heavy atom. The molecular weight excluding hydrogens is 318 g/mol. The van der Waals surface area contributed by atoms with Gasteiger partial charge in [-0.1, -0.05) is 30.6 Å². The first-order valence-corrected chi connectivity index (χ1v) is 7.60. The normalized spacial score (nSPS) is 25.6. The van der Waals surface area contributed by atoms with Gasteiger partial charge in [-0.2, -0.15) is 10.5 Å². The third-order valence-corrected chi connectivity index (χ3v) is 4.65. The standard InChI is InChI=1S/C15H20ClN5O2/c1-5-14(6-2)13(23-21-9(3)4)20-11(16)10(7-17)15(14,8-18)12(19)22/h13,20H,5-6H2,1-4H3,(H2,19,22)/t13-,15-/m1/s1. The molecule has 3 N–H and O–H groups in total. The zero-order chi connectivity index (χ0) is 17.8. The van der Waals surface area contributed by atoms with E-state index in [1.54, 1.807) is 27.7 Å². The van der Waals surface area contributed by atoms with Gasteiger partial charge in [0.05, 0.1) is 22.8 Å². The largest absolute Gasteiger partial charge is 0.370 e. The first-order valence-electron chi connectivity index (χ1n) is 7.22. The predicted molar refractivity (Wildman–Crippen MR) is 85.5 cm³/mol. The van der Waals surface area contributed by atoms with E-state index in [2.05, 4.69) is 10.5 Å². The highest BCUT2D eigenvalue weighted by Gasteiger charge is 2.65. The maximum absolute atomic E-state index is 12.3. The van der Waals surface area contributed by atoms with E-state index in [9.17, 15) is 15.3 Å². The average Bonchev–Trinajstić information content (AvgIpc) is 2.51. The van der Waals surface area contributed by atoms with E-state index in [1.807, 2.05) is 12.1 Å². The van der Waals surface area contributed by atoms with Gasteiger partial charge in [-0.3, -0.25) is 4.79 Å². The lowest BCUT2D eigenvalue weighted by atomic mass is 9.55. The van der Waals surface area contributed by atoms with Crippen molar-refractivity contribution in [3.05, 3.63) is 10.7 Å². The molecule has 23 heavy (non-hydrogen) atoms. The molecule has 0 fully saturated rings. The van der Waals surface area contributed by atoms with E-state index in [1.165, 1.54) is 0 Å². The van der Waals surface area contributed by atoms with Crippen LogP contribution < -0.4 is 11.1 Å². The van der Waals surface area contributed by atoms with Crippen LogP contribution in [0, 0.1) is 33.5 Å². The number of primary amides is 1. The Balaban J connectivity index is 3.74. The van der Waals surface area contributed by atoms with Crippen LogP contribution in [0.4, 0.5) is 0 Å². The molecule has 1 aliphatic heterocycles. The monoisotopic (exact) mass is 337 g/mol. The maximum atomic E-state index is 12.3. The number of oxime groups is 1. The fraction of sp³-hybridized carbons (Fsp3) is 0.600. The van der Waals surface area contributed by atoms with Crippen molar-refractivity contribution in [2.45, 2.75) is 46.8 Å². The van der Waals surface area contributed by atoms with Gasteiger partial charge in [0.2, 0.25) is 12.1 Å². The van der Waals surface area contributed by atoms with Gasteiger partial charge >= 0.3 is 0 Å². The first-order chi connectivity index (χ1) is 10.8. The lowest BCUT2D eigenvalue weighted by Crippen LogP contribution is -2.63. The van der Waals surface area contributed by atoms with E-state index in [0.29, 0.717) is 18.6 Å². The number of rotatable bonds is 5. The minimum Gasteiger partial charge on any atom is -0.370 e. The lowest BCUT2D eigenvalue weighted by molar-refractivity contribution is -0.145. The molecule has 0 aliphatic carbocycles. The summed E-state index contributed by atoms with van der Waals surface area (Å²) in [6, 6.07) is 3.81. The number of carbonyl (C=O) groups is 1. The van der Waals surface area contributed by atoms with E-state index in [-0.39, 0.29) is 10.7 Å². The van der Waals surface area contributed by atoms with Crippen molar-refractivity contribution in [1.29, 1.82) is 10.5 Å². The molecular formula is C15H20ClN5O2. The van der Waals surface area contributed by atoms with Gasteiger partial charge in [-0.25, -0.2) is 0 Å². The Morgan fingerprint density at radius 3 is 2.35 bits per heavy atom. The van der Waals surface area contributed by atoms with Crippen LogP contribution in [-0.4, -0.2) is 17.8 Å². The number of hydrogen-bond donors (Lipinski definition) is 2. The lowest BCUT2D eigenvalue weighted by Gasteiger charge is -2.50. The molecule has 0 aromatic rings. The van der Waals surface area contributed by atoms with Gasteiger partial charge < -0.3 is 15.9 Å². The molecule has 0 spiro atoms. The predicted octanol–water partition coefficient (Wildman–Crippen LogP) is 2.10. The second-order valence-electron chi connectivity index (χ2n) is 5.56. The van der Waals surface area contributed by atoms with Crippen LogP contribution in [0.5, 0.6) is 0 Å². The number of halogens is 1. The Hall–Kier alpha value is -2.25. The van der Waals surface area contributed by atoms with Crippen LogP contribution >= 0.6 is 11.6 Å². The van der Waals surface area contributed by atoms with Crippen molar-refractivity contribution in [2.24, 2.45) is 21.7 Å². The molecule has 124 valence electrons. The highest BCUT2D eigenvalue weighted by Crippen LogP contribution is 2.55. The zero-order valence-corrected chi connectivity index (χ0v) is 14.4. The molecule has 0 aromatic heterocycles. The summed E-state index contributed by atoms with van der Waals surface area (Å²) in [4.78, 5) is 17.8. The van der Waals surface area contributed by atoms with Crippen LogP contribution in [0.1, 0.15) is 40.5 Å². The third-order valence-electron chi connectivity index (χ3n) is 4.35. The molecule has 1 aliphatic rings. The molecule has 0 unspecified atom stereocenters. The number of hydrogen-bond acceptors (Lipinski definition) is 6. The molecule has 0 radical (unpaired) electrons. The van der Waals surface area contributed by atoms with Crippen molar-refractivity contribution in [1.82, 2.24) is 5.32 Å². The van der Waals surface area contributed by atoms with Gasteiger partial charge in [0.25, 0.3) is 0 Å². The Labute approximate surface area is 140 Å². The summed E-state index contributed by atoms with van der Waals surface area (Å²) in [6.07, 6.45) is -0.166. The van der Waals surface area contributed by atoms with Gasteiger partial charge in [-0.05, 0) is 26.7 Å². The second-order valence-corrected chi connectivity index (χ2v) is 5.94. The van der Waals surface area contributed by atoms with Crippen LogP contribution in [0.25, 0.3) is 0 Å². The summed E-state index contributed by atoms with van der Waals surface area (Å²) < 4.78 is 0. The van der Waals surface area contributed by atoms with E-state index < -0.39 is 23.0 Å². The number of nitrogens with two attached hydrogens (primary N) is 1. The summed E-state index contributed by atoms with van der Waals surface area (Å²) >= 11 is 6.10. The van der Waals surface area contributed by atoms with Crippen LogP contribution in [0.2, 0.25) is 0 Å². The molecule has 0 aromatic carbocycles. The van der Waals surface area contributed by atoms with E-state index in [0.717, 1.165) is 0 Å². The third kappa shape index (κ3) is 2.62. The average molecular weight is 338 g/mol.